The van der Waals surface area contributed by atoms with Gasteiger partial charge in [0.1, 0.15) is 0 Å². The first-order valence-corrected chi connectivity index (χ1v) is 12.5. The van der Waals surface area contributed by atoms with Gasteiger partial charge in [0.05, 0.1) is 23.9 Å². The minimum absolute atomic E-state index is 0.212. The van der Waals surface area contributed by atoms with Crippen molar-refractivity contribution < 1.29 is 9.53 Å². The molecule has 2 aliphatic rings. The average molecular weight is 470 g/mol. The fourth-order valence-corrected chi connectivity index (χ4v) is 5.76. The Balaban J connectivity index is 1.39. The molecule has 5 heteroatoms. The highest BCUT2D eigenvalue weighted by molar-refractivity contribution is 5.97. The molecule has 5 nitrogen and oxygen atoms in total. The van der Waals surface area contributed by atoms with Crippen molar-refractivity contribution >= 4 is 23.0 Å². The SMILES string of the molecule is COC(=O)c1cccc2c1N(C)C(C)(c1cccc(N3CCN(c4ccccc4C)CC3)c1)CC2. The Morgan fingerprint density at radius 2 is 1.63 bits per heavy atom. The molecule has 0 saturated carbocycles. The summed E-state index contributed by atoms with van der Waals surface area (Å²) in [6, 6.07) is 23.6. The third-order valence-electron chi connectivity index (χ3n) is 8.05. The van der Waals surface area contributed by atoms with E-state index in [1.54, 1.807) is 0 Å². The highest BCUT2D eigenvalue weighted by atomic mass is 16.5. The van der Waals surface area contributed by atoms with Crippen molar-refractivity contribution in [2.45, 2.75) is 32.2 Å². The molecule has 3 aromatic carbocycles. The summed E-state index contributed by atoms with van der Waals surface area (Å²) in [7, 11) is 3.56. The number of esters is 1. The van der Waals surface area contributed by atoms with Gasteiger partial charge in [0.15, 0.2) is 0 Å². The Morgan fingerprint density at radius 3 is 2.37 bits per heavy atom. The number of anilines is 3. The summed E-state index contributed by atoms with van der Waals surface area (Å²) in [5.74, 6) is -0.279. The molecular formula is C30H35N3O2. The van der Waals surface area contributed by atoms with Gasteiger partial charge in [0, 0.05) is 44.6 Å². The van der Waals surface area contributed by atoms with Crippen LogP contribution in [-0.2, 0) is 16.7 Å². The molecule has 2 aliphatic heterocycles. The van der Waals surface area contributed by atoms with E-state index in [0.29, 0.717) is 5.56 Å². The van der Waals surface area contributed by atoms with Gasteiger partial charge in [-0.25, -0.2) is 4.79 Å². The first kappa shape index (κ1) is 23.3. The Labute approximate surface area is 208 Å². The van der Waals surface area contributed by atoms with Crippen LogP contribution >= 0.6 is 0 Å². The van der Waals surface area contributed by atoms with E-state index in [0.717, 1.165) is 44.7 Å². The summed E-state index contributed by atoms with van der Waals surface area (Å²) < 4.78 is 5.09. The maximum atomic E-state index is 12.5. The van der Waals surface area contributed by atoms with Crippen LogP contribution < -0.4 is 14.7 Å². The maximum Gasteiger partial charge on any atom is 0.339 e. The van der Waals surface area contributed by atoms with Crippen molar-refractivity contribution in [2.75, 3.05) is 55.0 Å². The molecule has 0 radical (unpaired) electrons. The lowest BCUT2D eigenvalue weighted by Gasteiger charge is -2.46. The quantitative estimate of drug-likeness (QED) is 0.478. The van der Waals surface area contributed by atoms with Gasteiger partial charge in [-0.2, -0.15) is 0 Å². The molecule has 1 unspecified atom stereocenters. The molecule has 1 fully saturated rings. The number of hydrogen-bond donors (Lipinski definition) is 0. The predicted octanol–water partition coefficient (Wildman–Crippen LogP) is 5.41. The van der Waals surface area contributed by atoms with E-state index >= 15 is 0 Å². The van der Waals surface area contributed by atoms with Gasteiger partial charge >= 0.3 is 5.97 Å². The van der Waals surface area contributed by atoms with E-state index in [9.17, 15) is 4.79 Å². The predicted molar refractivity (Wildman–Crippen MR) is 144 cm³/mol. The van der Waals surface area contributed by atoms with Crippen LogP contribution in [0.2, 0.25) is 0 Å². The van der Waals surface area contributed by atoms with E-state index in [1.807, 2.05) is 12.1 Å². The lowest BCUT2D eigenvalue weighted by Crippen LogP contribution is -2.47. The second-order valence-electron chi connectivity index (χ2n) is 9.95. The molecule has 0 spiro atoms. The highest BCUT2D eigenvalue weighted by Gasteiger charge is 2.38. The summed E-state index contributed by atoms with van der Waals surface area (Å²) in [6.45, 7) is 8.51. The molecule has 1 saturated heterocycles. The van der Waals surface area contributed by atoms with Crippen LogP contribution in [0.25, 0.3) is 0 Å². The highest BCUT2D eigenvalue weighted by Crippen LogP contribution is 2.44. The number of nitrogens with zero attached hydrogens (tertiary/aromatic N) is 3. The zero-order valence-electron chi connectivity index (χ0n) is 21.3. The van der Waals surface area contributed by atoms with E-state index < -0.39 is 0 Å². The molecule has 0 bridgehead atoms. The van der Waals surface area contributed by atoms with Gasteiger partial charge in [-0.1, -0.05) is 42.5 Å². The number of ether oxygens (including phenoxy) is 1. The summed E-state index contributed by atoms with van der Waals surface area (Å²) in [5, 5.41) is 0. The molecule has 3 aromatic rings. The van der Waals surface area contributed by atoms with E-state index in [1.165, 1.54) is 35.2 Å². The minimum Gasteiger partial charge on any atom is -0.465 e. The van der Waals surface area contributed by atoms with Crippen LogP contribution in [0, 0.1) is 6.92 Å². The van der Waals surface area contributed by atoms with Crippen molar-refractivity contribution in [1.29, 1.82) is 0 Å². The van der Waals surface area contributed by atoms with Gasteiger partial charge in [0.2, 0.25) is 0 Å². The zero-order chi connectivity index (χ0) is 24.6. The van der Waals surface area contributed by atoms with E-state index in [4.69, 9.17) is 4.74 Å². The number of carbonyl (C=O) groups excluding carboxylic acids is 1. The average Bonchev–Trinajstić information content (AvgIpc) is 2.90. The monoisotopic (exact) mass is 469 g/mol. The third-order valence-corrected chi connectivity index (χ3v) is 8.05. The lowest BCUT2D eigenvalue weighted by molar-refractivity contribution is 0.0601. The van der Waals surface area contributed by atoms with E-state index in [2.05, 4.69) is 90.2 Å². The fraction of sp³-hybridized carbons (Fsp3) is 0.367. The number of fused-ring (bicyclic) bond motifs is 1. The van der Waals surface area contributed by atoms with Crippen molar-refractivity contribution in [3.63, 3.8) is 0 Å². The maximum absolute atomic E-state index is 12.5. The van der Waals surface area contributed by atoms with Gasteiger partial charge in [0.25, 0.3) is 0 Å². The third kappa shape index (κ3) is 4.13. The number of piperazine rings is 1. The summed E-state index contributed by atoms with van der Waals surface area (Å²) in [4.78, 5) is 19.8. The number of rotatable bonds is 4. The molecule has 2 heterocycles. The smallest absolute Gasteiger partial charge is 0.339 e. The van der Waals surface area contributed by atoms with Gasteiger partial charge in [-0.05, 0) is 67.6 Å². The van der Waals surface area contributed by atoms with Crippen molar-refractivity contribution in [3.05, 3.63) is 89.0 Å². The summed E-state index contributed by atoms with van der Waals surface area (Å²) >= 11 is 0. The second kappa shape index (κ2) is 9.29. The Hall–Kier alpha value is -3.47. The molecule has 182 valence electrons. The first-order chi connectivity index (χ1) is 16.9. The standard InChI is InChI=1S/C30H35N3O2/c1-22-9-5-6-14-27(22)33-19-17-32(18-20-33)25-12-8-11-24(21-25)30(2)16-15-23-10-7-13-26(29(34)35-4)28(23)31(30)3/h5-14,21H,15-20H2,1-4H3. The van der Waals surface area contributed by atoms with Crippen LogP contribution in [0.1, 0.15) is 40.4 Å². The van der Waals surface area contributed by atoms with Crippen LogP contribution in [-0.4, -0.2) is 46.3 Å². The molecule has 0 N–H and O–H groups in total. The Kier molecular flexibility index (Phi) is 6.18. The van der Waals surface area contributed by atoms with Gasteiger partial charge < -0.3 is 19.4 Å². The number of methoxy groups -OCH3 is 1. The van der Waals surface area contributed by atoms with Crippen molar-refractivity contribution in [2.24, 2.45) is 0 Å². The van der Waals surface area contributed by atoms with E-state index in [-0.39, 0.29) is 11.5 Å². The van der Waals surface area contributed by atoms with Crippen molar-refractivity contribution in [1.82, 2.24) is 0 Å². The lowest BCUT2D eigenvalue weighted by atomic mass is 9.79. The molecule has 0 aliphatic carbocycles. The first-order valence-electron chi connectivity index (χ1n) is 12.5. The fourth-order valence-electron chi connectivity index (χ4n) is 5.76. The molecule has 0 aromatic heterocycles. The normalized spacial score (nSPS) is 19.9. The van der Waals surface area contributed by atoms with Gasteiger partial charge in [-0.15, -0.1) is 0 Å². The van der Waals surface area contributed by atoms with Crippen LogP contribution in [0.5, 0.6) is 0 Å². The number of aryl methyl sites for hydroxylation is 2. The summed E-state index contributed by atoms with van der Waals surface area (Å²) in [5.41, 5.74) is 7.86. The zero-order valence-corrected chi connectivity index (χ0v) is 21.3. The van der Waals surface area contributed by atoms with Gasteiger partial charge in [-0.3, -0.25) is 0 Å². The molecule has 1 atom stereocenters. The van der Waals surface area contributed by atoms with Crippen LogP contribution in [0.3, 0.4) is 0 Å². The molecule has 0 amide bonds. The number of carbonyl (C=O) groups is 1. The minimum atomic E-state index is -0.279. The number of para-hydroxylation sites is 2. The topological polar surface area (TPSA) is 36.0 Å². The molecule has 5 rings (SSSR count). The van der Waals surface area contributed by atoms with Crippen LogP contribution in [0.15, 0.2) is 66.7 Å². The van der Waals surface area contributed by atoms with Crippen LogP contribution in [0.4, 0.5) is 17.1 Å². The Morgan fingerprint density at radius 1 is 0.914 bits per heavy atom. The van der Waals surface area contributed by atoms with Crippen molar-refractivity contribution in [3.8, 4) is 0 Å². The summed E-state index contributed by atoms with van der Waals surface area (Å²) in [6.07, 6.45) is 1.92. The Bertz CT molecular complexity index is 1230. The second-order valence-corrected chi connectivity index (χ2v) is 9.95. The number of benzene rings is 3. The largest absolute Gasteiger partial charge is 0.465 e. The molecule has 35 heavy (non-hydrogen) atoms. The number of hydrogen-bond acceptors (Lipinski definition) is 5. The molecular weight excluding hydrogens is 434 g/mol.